The number of carbonyl (C=O) groups excluding carboxylic acids is 1. The summed E-state index contributed by atoms with van der Waals surface area (Å²) in [5.41, 5.74) is 0. The highest BCUT2D eigenvalue weighted by molar-refractivity contribution is 5.86. The first-order valence-electron chi connectivity index (χ1n) is 4.82. The summed E-state index contributed by atoms with van der Waals surface area (Å²) in [5, 5.41) is 3.75. The van der Waals surface area contributed by atoms with Gasteiger partial charge < -0.3 is 9.26 Å². The van der Waals surface area contributed by atoms with Gasteiger partial charge in [0.05, 0.1) is 6.61 Å². The zero-order valence-corrected chi connectivity index (χ0v) is 9.06. The van der Waals surface area contributed by atoms with E-state index in [1.165, 1.54) is 12.2 Å². The molecule has 5 nitrogen and oxygen atoms in total. The van der Waals surface area contributed by atoms with Gasteiger partial charge in [0, 0.05) is 18.1 Å². The van der Waals surface area contributed by atoms with Crippen molar-refractivity contribution >= 4 is 12.0 Å². The molecule has 0 N–H and O–H groups in total. The molecule has 0 saturated heterocycles. The average molecular weight is 210 g/mol. The highest BCUT2D eigenvalue weighted by Crippen LogP contribution is 2.10. The normalized spacial score (nSPS) is 11.2. The minimum atomic E-state index is -0.415. The van der Waals surface area contributed by atoms with Crippen LogP contribution in [-0.2, 0) is 9.53 Å². The zero-order valence-electron chi connectivity index (χ0n) is 9.06. The van der Waals surface area contributed by atoms with Crippen LogP contribution in [0.1, 0.15) is 38.4 Å². The molecular formula is C10H14N2O3. The molecule has 1 rings (SSSR count). The quantitative estimate of drug-likeness (QED) is 0.559. The van der Waals surface area contributed by atoms with E-state index >= 15 is 0 Å². The van der Waals surface area contributed by atoms with Gasteiger partial charge in [-0.15, -0.1) is 0 Å². The summed E-state index contributed by atoms with van der Waals surface area (Å²) < 4.78 is 9.60. The van der Waals surface area contributed by atoms with Crippen LogP contribution >= 0.6 is 0 Å². The van der Waals surface area contributed by atoms with Crippen molar-refractivity contribution in [1.29, 1.82) is 0 Å². The Balaban J connectivity index is 2.60. The minimum absolute atomic E-state index is 0.207. The van der Waals surface area contributed by atoms with E-state index in [2.05, 4.69) is 10.1 Å². The topological polar surface area (TPSA) is 65.2 Å². The maximum absolute atomic E-state index is 11.0. The molecule has 1 aromatic rings. The van der Waals surface area contributed by atoms with Crippen LogP contribution in [0.2, 0.25) is 0 Å². The third-order valence-corrected chi connectivity index (χ3v) is 1.62. The van der Waals surface area contributed by atoms with Crippen LogP contribution in [0.25, 0.3) is 6.08 Å². The van der Waals surface area contributed by atoms with Crippen molar-refractivity contribution in [2.75, 3.05) is 6.61 Å². The van der Waals surface area contributed by atoms with E-state index in [0.717, 1.165) is 0 Å². The molecule has 0 fully saturated rings. The molecule has 0 spiro atoms. The SMILES string of the molecule is CCOC(=O)/C=C/c1nc(C(C)C)no1. The van der Waals surface area contributed by atoms with E-state index in [1.54, 1.807) is 6.92 Å². The number of nitrogens with zero attached hydrogens (tertiary/aromatic N) is 2. The summed E-state index contributed by atoms with van der Waals surface area (Å²) in [4.78, 5) is 15.0. The standard InChI is InChI=1S/C10H14N2O3/c1-4-14-9(13)6-5-8-11-10(7(2)3)12-15-8/h5-7H,4H2,1-3H3/b6-5+. The first kappa shape index (κ1) is 11.4. The van der Waals surface area contributed by atoms with Crippen LogP contribution in [0.3, 0.4) is 0 Å². The molecule has 0 amide bonds. The van der Waals surface area contributed by atoms with Crippen molar-refractivity contribution in [1.82, 2.24) is 10.1 Å². The number of carbonyl (C=O) groups is 1. The van der Waals surface area contributed by atoms with Gasteiger partial charge in [-0.05, 0) is 6.92 Å². The highest BCUT2D eigenvalue weighted by atomic mass is 16.5. The molecule has 0 unspecified atom stereocenters. The molecule has 0 aromatic carbocycles. The maximum Gasteiger partial charge on any atom is 0.330 e. The van der Waals surface area contributed by atoms with Crippen molar-refractivity contribution in [3.05, 3.63) is 17.8 Å². The second kappa shape index (κ2) is 5.29. The molecule has 0 radical (unpaired) electrons. The number of ether oxygens (including phenoxy) is 1. The third-order valence-electron chi connectivity index (χ3n) is 1.62. The predicted molar refractivity (Wildman–Crippen MR) is 54.1 cm³/mol. The number of hydrogen-bond donors (Lipinski definition) is 0. The molecule has 0 bridgehead atoms. The van der Waals surface area contributed by atoms with E-state index in [-0.39, 0.29) is 5.92 Å². The minimum Gasteiger partial charge on any atom is -0.463 e. The van der Waals surface area contributed by atoms with Crippen LogP contribution < -0.4 is 0 Å². The van der Waals surface area contributed by atoms with Gasteiger partial charge in [0.2, 0.25) is 0 Å². The Morgan fingerprint density at radius 2 is 2.33 bits per heavy atom. The number of aromatic nitrogens is 2. The molecule has 15 heavy (non-hydrogen) atoms. The van der Waals surface area contributed by atoms with Crippen molar-refractivity contribution in [3.63, 3.8) is 0 Å². The molecule has 82 valence electrons. The van der Waals surface area contributed by atoms with E-state index in [4.69, 9.17) is 9.26 Å². The molecule has 0 aliphatic heterocycles. The summed E-state index contributed by atoms with van der Waals surface area (Å²) >= 11 is 0. The van der Waals surface area contributed by atoms with Gasteiger partial charge in [0.25, 0.3) is 5.89 Å². The molecule has 0 atom stereocenters. The van der Waals surface area contributed by atoms with Crippen LogP contribution in [-0.4, -0.2) is 22.7 Å². The van der Waals surface area contributed by atoms with Crippen molar-refractivity contribution < 1.29 is 14.1 Å². The maximum atomic E-state index is 11.0. The Bertz CT molecular complexity index is 355. The number of hydrogen-bond acceptors (Lipinski definition) is 5. The van der Waals surface area contributed by atoms with Gasteiger partial charge in [-0.2, -0.15) is 4.98 Å². The summed E-state index contributed by atoms with van der Waals surface area (Å²) in [6.45, 7) is 6.02. The molecule has 5 heteroatoms. The van der Waals surface area contributed by atoms with Gasteiger partial charge in [-0.1, -0.05) is 19.0 Å². The molecule has 1 heterocycles. The number of rotatable bonds is 4. The molecule has 0 saturated carbocycles. The molecule has 0 aliphatic rings. The highest BCUT2D eigenvalue weighted by Gasteiger charge is 2.07. The monoisotopic (exact) mass is 210 g/mol. The Morgan fingerprint density at radius 1 is 1.60 bits per heavy atom. The fourth-order valence-electron chi connectivity index (χ4n) is 0.879. The number of esters is 1. The van der Waals surface area contributed by atoms with Crippen LogP contribution in [0, 0.1) is 0 Å². The lowest BCUT2D eigenvalue weighted by molar-refractivity contribution is -0.137. The van der Waals surface area contributed by atoms with E-state index < -0.39 is 5.97 Å². The predicted octanol–water partition coefficient (Wildman–Crippen LogP) is 1.77. The van der Waals surface area contributed by atoms with Gasteiger partial charge in [0.15, 0.2) is 5.82 Å². The summed E-state index contributed by atoms with van der Waals surface area (Å²) in [5.74, 6) is 0.727. The smallest absolute Gasteiger partial charge is 0.330 e. The van der Waals surface area contributed by atoms with Gasteiger partial charge in [-0.3, -0.25) is 0 Å². The molecule has 1 aromatic heterocycles. The summed E-state index contributed by atoms with van der Waals surface area (Å²) in [6.07, 6.45) is 2.71. The Hall–Kier alpha value is -1.65. The summed E-state index contributed by atoms with van der Waals surface area (Å²) in [6, 6.07) is 0. The first-order valence-corrected chi connectivity index (χ1v) is 4.82. The molecule has 0 aliphatic carbocycles. The first-order chi connectivity index (χ1) is 7.13. The van der Waals surface area contributed by atoms with E-state index in [9.17, 15) is 4.79 Å². The van der Waals surface area contributed by atoms with Crippen LogP contribution in [0.5, 0.6) is 0 Å². The van der Waals surface area contributed by atoms with E-state index in [0.29, 0.717) is 18.3 Å². The average Bonchev–Trinajstić information content (AvgIpc) is 2.63. The summed E-state index contributed by atoms with van der Waals surface area (Å²) in [7, 11) is 0. The Morgan fingerprint density at radius 3 is 2.87 bits per heavy atom. The second-order valence-electron chi connectivity index (χ2n) is 3.23. The largest absolute Gasteiger partial charge is 0.463 e. The second-order valence-corrected chi connectivity index (χ2v) is 3.23. The van der Waals surface area contributed by atoms with Crippen molar-refractivity contribution in [2.24, 2.45) is 0 Å². The Kier molecular flexibility index (Phi) is 4.03. The lowest BCUT2D eigenvalue weighted by atomic mass is 10.2. The van der Waals surface area contributed by atoms with Crippen molar-refractivity contribution in [2.45, 2.75) is 26.7 Å². The van der Waals surface area contributed by atoms with Gasteiger partial charge in [-0.25, -0.2) is 4.79 Å². The fourth-order valence-corrected chi connectivity index (χ4v) is 0.879. The van der Waals surface area contributed by atoms with E-state index in [1.807, 2.05) is 13.8 Å². The lowest BCUT2D eigenvalue weighted by Crippen LogP contribution is -1.98. The molecular weight excluding hydrogens is 196 g/mol. The van der Waals surface area contributed by atoms with Gasteiger partial charge >= 0.3 is 5.97 Å². The van der Waals surface area contributed by atoms with Crippen molar-refractivity contribution in [3.8, 4) is 0 Å². The van der Waals surface area contributed by atoms with Crippen LogP contribution in [0.4, 0.5) is 0 Å². The third kappa shape index (κ3) is 3.53. The van der Waals surface area contributed by atoms with Crippen LogP contribution in [0.15, 0.2) is 10.6 Å². The Labute approximate surface area is 88.1 Å². The fraction of sp³-hybridized carbons (Fsp3) is 0.500. The zero-order chi connectivity index (χ0) is 11.3. The lowest BCUT2D eigenvalue weighted by Gasteiger charge is -1.92. The van der Waals surface area contributed by atoms with Gasteiger partial charge in [0.1, 0.15) is 0 Å².